The fraction of sp³-hybridized carbons (Fsp3) is 0.394. The highest BCUT2D eigenvalue weighted by Crippen LogP contribution is 2.37. The molecule has 8 heteroatoms. The summed E-state index contributed by atoms with van der Waals surface area (Å²) >= 11 is 0. The van der Waals surface area contributed by atoms with Gasteiger partial charge in [0.15, 0.2) is 12.1 Å². The number of para-hydroxylation sites is 1. The molecule has 2 atom stereocenters. The molecule has 216 valence electrons. The van der Waals surface area contributed by atoms with Crippen LogP contribution in [-0.2, 0) is 14.3 Å². The third kappa shape index (κ3) is 6.83. The summed E-state index contributed by atoms with van der Waals surface area (Å²) in [5.41, 5.74) is 3.63. The Morgan fingerprint density at radius 1 is 0.902 bits per heavy atom. The first-order valence-electron chi connectivity index (χ1n) is 14.5. The fourth-order valence-corrected chi connectivity index (χ4v) is 6.49. The van der Waals surface area contributed by atoms with Gasteiger partial charge in [0, 0.05) is 48.8 Å². The van der Waals surface area contributed by atoms with Gasteiger partial charge in [-0.1, -0.05) is 48.5 Å². The van der Waals surface area contributed by atoms with Crippen LogP contribution in [0.4, 0.5) is 11.4 Å². The molecule has 7 nitrogen and oxygen atoms in total. The van der Waals surface area contributed by atoms with E-state index < -0.39 is 6.04 Å². The lowest BCUT2D eigenvalue weighted by Crippen LogP contribution is -3.00. The molecule has 0 spiro atoms. The number of carbonyl (C=O) groups is 2. The first kappa shape index (κ1) is 29.3. The van der Waals surface area contributed by atoms with Gasteiger partial charge in [0.25, 0.3) is 0 Å². The monoisotopic (exact) mass is 619 g/mol. The number of ether oxygens (including phenoxy) is 2. The predicted molar refractivity (Wildman–Crippen MR) is 155 cm³/mol. The van der Waals surface area contributed by atoms with Crippen LogP contribution in [0.2, 0.25) is 0 Å². The first-order valence-corrected chi connectivity index (χ1v) is 14.5. The minimum atomic E-state index is -0.598. The molecule has 7 rings (SSSR count). The molecule has 4 saturated heterocycles. The maximum atomic E-state index is 13.6. The molecule has 41 heavy (non-hydrogen) atoms. The summed E-state index contributed by atoms with van der Waals surface area (Å²) in [6.07, 6.45) is 1.77. The zero-order valence-corrected chi connectivity index (χ0v) is 24.9. The van der Waals surface area contributed by atoms with Crippen molar-refractivity contribution in [2.75, 3.05) is 62.7 Å². The molecule has 4 heterocycles. The van der Waals surface area contributed by atoms with Crippen LogP contribution in [-0.4, -0.2) is 74.8 Å². The largest absolute Gasteiger partial charge is 1.00 e. The molecule has 0 amide bonds. The lowest BCUT2D eigenvalue weighted by molar-refractivity contribution is -0.938. The number of Topliss-reactive ketones (excluding diaryl/α,β-unsaturated/α-hetero) is 1. The molecule has 1 N–H and O–H groups in total. The second-order valence-corrected chi connectivity index (χ2v) is 11.4. The second-order valence-electron chi connectivity index (χ2n) is 11.4. The molecule has 3 aromatic rings. The quantitative estimate of drug-likeness (QED) is 0.224. The van der Waals surface area contributed by atoms with Gasteiger partial charge in [-0.25, -0.2) is 4.79 Å². The summed E-state index contributed by atoms with van der Waals surface area (Å²) in [5.74, 6) is 0.240. The zero-order valence-electron chi connectivity index (χ0n) is 23.3. The van der Waals surface area contributed by atoms with Crippen molar-refractivity contribution in [1.82, 2.24) is 0 Å². The highest BCUT2D eigenvalue weighted by atomic mass is 79.9. The van der Waals surface area contributed by atoms with E-state index in [0.29, 0.717) is 23.5 Å². The van der Waals surface area contributed by atoms with Gasteiger partial charge in [-0.15, -0.1) is 0 Å². The zero-order chi connectivity index (χ0) is 27.4. The van der Waals surface area contributed by atoms with Gasteiger partial charge in [0.05, 0.1) is 26.3 Å². The van der Waals surface area contributed by atoms with E-state index in [4.69, 9.17) is 9.47 Å². The number of hydrogen-bond donors (Lipinski definition) is 1. The van der Waals surface area contributed by atoms with E-state index in [1.54, 1.807) is 0 Å². The van der Waals surface area contributed by atoms with Crippen LogP contribution in [0.3, 0.4) is 0 Å². The Hall–Kier alpha value is -3.20. The molecule has 4 aliphatic rings. The number of piperidine rings is 3. The smallest absolute Gasteiger partial charge is 0.333 e. The van der Waals surface area contributed by atoms with Crippen LogP contribution in [0.15, 0.2) is 84.9 Å². The molecule has 0 saturated carbocycles. The summed E-state index contributed by atoms with van der Waals surface area (Å²) in [6, 6.07) is 26.9. The van der Waals surface area contributed by atoms with E-state index in [1.807, 2.05) is 72.8 Å². The number of hydrogen-bond acceptors (Lipinski definition) is 6. The third-order valence-corrected chi connectivity index (χ3v) is 8.81. The van der Waals surface area contributed by atoms with E-state index in [1.165, 1.54) is 0 Å². The average Bonchev–Trinajstić information content (AvgIpc) is 3.01. The Labute approximate surface area is 252 Å². The number of esters is 1. The van der Waals surface area contributed by atoms with Crippen molar-refractivity contribution in [3.05, 3.63) is 96.1 Å². The van der Waals surface area contributed by atoms with Crippen molar-refractivity contribution in [2.24, 2.45) is 5.92 Å². The van der Waals surface area contributed by atoms with Gasteiger partial charge >= 0.3 is 5.97 Å². The molecule has 0 unspecified atom stereocenters. The Bertz CT molecular complexity index is 1290. The number of halogens is 1. The molecule has 4 fully saturated rings. The third-order valence-electron chi connectivity index (χ3n) is 8.81. The number of nitrogens with zero attached hydrogens (tertiary/aromatic N) is 2. The highest BCUT2D eigenvalue weighted by molar-refractivity contribution is 5.97. The van der Waals surface area contributed by atoms with E-state index in [0.717, 1.165) is 74.7 Å². The van der Waals surface area contributed by atoms with Crippen LogP contribution in [0.1, 0.15) is 34.8 Å². The van der Waals surface area contributed by atoms with Crippen molar-refractivity contribution in [3.8, 4) is 0 Å². The van der Waals surface area contributed by atoms with Gasteiger partial charge in [-0.05, 0) is 42.0 Å². The average molecular weight is 621 g/mol. The van der Waals surface area contributed by atoms with Gasteiger partial charge in [0.2, 0.25) is 5.78 Å². The number of anilines is 2. The van der Waals surface area contributed by atoms with Gasteiger partial charge < -0.3 is 41.2 Å². The minimum absolute atomic E-state index is 0. The number of carbonyl (C=O) groups excluding carboxylic acids is 2. The summed E-state index contributed by atoms with van der Waals surface area (Å²) in [5, 5.41) is 3.38. The maximum Gasteiger partial charge on any atom is 0.333 e. The van der Waals surface area contributed by atoms with Crippen LogP contribution in [0, 0.1) is 5.92 Å². The van der Waals surface area contributed by atoms with Crippen LogP contribution in [0.5, 0.6) is 0 Å². The lowest BCUT2D eigenvalue weighted by Gasteiger charge is -2.51. The van der Waals surface area contributed by atoms with E-state index in [9.17, 15) is 9.59 Å². The van der Waals surface area contributed by atoms with Crippen molar-refractivity contribution in [1.29, 1.82) is 0 Å². The van der Waals surface area contributed by atoms with Crippen LogP contribution < -0.4 is 27.2 Å². The highest BCUT2D eigenvalue weighted by Gasteiger charge is 2.49. The first-order chi connectivity index (χ1) is 19.6. The topological polar surface area (TPSA) is 67.9 Å². The summed E-state index contributed by atoms with van der Waals surface area (Å²) in [4.78, 5) is 29.4. The number of ketones is 1. The Balaban J connectivity index is 0.00000337. The number of fused-ring (bicyclic) bond motifs is 3. The number of morpholine rings is 1. The molecule has 0 aliphatic carbocycles. The summed E-state index contributed by atoms with van der Waals surface area (Å²) < 4.78 is 12.4. The fourth-order valence-electron chi connectivity index (χ4n) is 6.49. The van der Waals surface area contributed by atoms with Crippen molar-refractivity contribution in [2.45, 2.75) is 25.0 Å². The minimum Gasteiger partial charge on any atom is -1.00 e. The van der Waals surface area contributed by atoms with E-state index in [2.05, 4.69) is 22.3 Å². The van der Waals surface area contributed by atoms with Gasteiger partial charge in [-0.3, -0.25) is 4.79 Å². The van der Waals surface area contributed by atoms with E-state index in [-0.39, 0.29) is 34.8 Å². The molecular weight excluding hydrogens is 582 g/mol. The van der Waals surface area contributed by atoms with Crippen LogP contribution >= 0.6 is 0 Å². The normalized spacial score (nSPS) is 24.1. The molecule has 3 aromatic carbocycles. The molecule has 0 aromatic heterocycles. The Morgan fingerprint density at radius 2 is 1.54 bits per heavy atom. The molecule has 2 bridgehead atoms. The van der Waals surface area contributed by atoms with Gasteiger partial charge in [0.1, 0.15) is 13.1 Å². The van der Waals surface area contributed by atoms with Crippen molar-refractivity contribution < 1.29 is 40.5 Å². The van der Waals surface area contributed by atoms with Crippen LogP contribution in [0.25, 0.3) is 0 Å². The number of quaternary nitrogens is 1. The summed E-state index contributed by atoms with van der Waals surface area (Å²) in [6.45, 7) is 6.29. The second kappa shape index (κ2) is 13.2. The number of benzene rings is 3. The standard InChI is InChI=1S/C33H38N3O4.BrH/c37-30(25-11-13-29(14-12-25)35-17-21-39-22-18-35)23-36-19-15-26(16-20-36)31(24-36)40-33(38)32(27-7-3-1-4-8-27)34-28-9-5-2-6-10-28;/h1-14,26,31-32,34H,15-24H2;1H/q+1;/p-1/t26?,31-,32+,36?;/m0./s1. The Morgan fingerprint density at radius 3 is 2.20 bits per heavy atom. The molecule has 4 aliphatic heterocycles. The summed E-state index contributed by atoms with van der Waals surface area (Å²) in [7, 11) is 0. The number of rotatable bonds is 9. The van der Waals surface area contributed by atoms with Crippen molar-refractivity contribution in [3.63, 3.8) is 0 Å². The maximum absolute atomic E-state index is 13.6. The Kier molecular flexibility index (Phi) is 9.42. The number of nitrogens with one attached hydrogen (secondary N) is 1. The van der Waals surface area contributed by atoms with Gasteiger partial charge in [-0.2, -0.15) is 0 Å². The lowest BCUT2D eigenvalue weighted by atomic mass is 9.82. The van der Waals surface area contributed by atoms with E-state index >= 15 is 0 Å². The molecular formula is C33H38BrN3O4. The van der Waals surface area contributed by atoms with Crippen molar-refractivity contribution >= 4 is 23.1 Å². The SMILES string of the molecule is O=C(C[N+]12CCC(CC1)[C@@H](OC(=O)[C@H](Nc1ccccc1)c1ccccc1)C2)c1ccc(N2CCOCC2)cc1.[Br-]. The molecule has 0 radical (unpaired) electrons. The predicted octanol–water partition coefficient (Wildman–Crippen LogP) is 1.72.